The van der Waals surface area contributed by atoms with E-state index in [9.17, 15) is 14.4 Å². The molecule has 2 bridgehead atoms. The minimum Gasteiger partial charge on any atom is -0.362 e. The second-order valence-electron chi connectivity index (χ2n) is 9.28. The maximum atomic E-state index is 13.5. The van der Waals surface area contributed by atoms with Crippen molar-refractivity contribution < 1.29 is 19.1 Å². The van der Waals surface area contributed by atoms with E-state index in [0.717, 1.165) is 5.69 Å². The summed E-state index contributed by atoms with van der Waals surface area (Å²) in [4.78, 5) is 42.7. The van der Waals surface area contributed by atoms with Gasteiger partial charge >= 0.3 is 0 Å². The third-order valence-electron chi connectivity index (χ3n) is 7.67. The van der Waals surface area contributed by atoms with Crippen molar-refractivity contribution in [2.24, 2.45) is 11.8 Å². The normalized spacial score (nSPS) is 34.5. The molecule has 162 valence electrons. The third kappa shape index (κ3) is 2.54. The van der Waals surface area contributed by atoms with Gasteiger partial charge in [0.15, 0.2) is 0 Å². The first-order valence-electron chi connectivity index (χ1n) is 11.1. The Morgan fingerprint density at radius 1 is 1.19 bits per heavy atom. The van der Waals surface area contributed by atoms with Crippen LogP contribution in [0, 0.1) is 11.8 Å². The van der Waals surface area contributed by atoms with E-state index in [1.165, 1.54) is 0 Å². The van der Waals surface area contributed by atoms with Gasteiger partial charge in [-0.15, -0.1) is 0 Å². The van der Waals surface area contributed by atoms with Gasteiger partial charge < -0.3 is 25.2 Å². The first kappa shape index (κ1) is 18.9. The van der Waals surface area contributed by atoms with Crippen LogP contribution < -0.4 is 10.6 Å². The Balaban J connectivity index is 1.19. The van der Waals surface area contributed by atoms with Gasteiger partial charge in [0.1, 0.15) is 11.3 Å². The molecule has 0 unspecified atom stereocenters. The lowest BCUT2D eigenvalue weighted by Crippen LogP contribution is -2.63. The lowest BCUT2D eigenvalue weighted by atomic mass is 9.76. The second-order valence-corrected chi connectivity index (χ2v) is 9.28. The molecule has 3 amide bonds. The Morgan fingerprint density at radius 3 is 2.74 bits per heavy atom. The number of ether oxygens (including phenoxy) is 1. The predicted octanol–water partition coefficient (Wildman–Crippen LogP) is 0.963. The van der Waals surface area contributed by atoms with E-state index in [1.807, 2.05) is 42.2 Å². The maximum Gasteiger partial charge on any atom is 0.255 e. The number of piperidine rings is 1. The quantitative estimate of drug-likeness (QED) is 0.693. The molecule has 0 saturated carbocycles. The minimum atomic E-state index is -0.641. The average molecular weight is 422 g/mol. The molecular weight excluding hydrogens is 396 g/mol. The first-order chi connectivity index (χ1) is 15.0. The minimum absolute atomic E-state index is 0.00934. The molecule has 3 fully saturated rings. The number of rotatable bonds is 2. The molecule has 8 heteroatoms. The van der Waals surface area contributed by atoms with E-state index in [0.29, 0.717) is 44.6 Å². The fourth-order valence-corrected chi connectivity index (χ4v) is 6.06. The Hall–Kier alpha value is -2.87. The number of benzene rings is 1. The summed E-state index contributed by atoms with van der Waals surface area (Å²) in [7, 11) is 0. The van der Waals surface area contributed by atoms with Crippen molar-refractivity contribution in [2.75, 3.05) is 31.5 Å². The number of amides is 3. The number of para-hydroxylation sites is 1. The van der Waals surface area contributed by atoms with Crippen molar-refractivity contribution in [1.82, 2.24) is 15.1 Å². The Labute approximate surface area is 180 Å². The molecule has 8 nitrogen and oxygen atoms in total. The summed E-state index contributed by atoms with van der Waals surface area (Å²) in [5.74, 6) is -0.953. The largest absolute Gasteiger partial charge is 0.362 e. The van der Waals surface area contributed by atoms with Crippen LogP contribution in [0.2, 0.25) is 0 Å². The lowest BCUT2D eigenvalue weighted by molar-refractivity contribution is -0.144. The summed E-state index contributed by atoms with van der Waals surface area (Å²) in [6, 6.07) is 7.48. The van der Waals surface area contributed by atoms with Crippen LogP contribution in [-0.4, -0.2) is 71.1 Å². The molecule has 0 radical (unpaired) electrons. The van der Waals surface area contributed by atoms with Crippen LogP contribution in [0.1, 0.15) is 30.1 Å². The zero-order valence-electron chi connectivity index (χ0n) is 17.5. The van der Waals surface area contributed by atoms with Crippen LogP contribution in [0.15, 0.2) is 36.4 Å². The molecule has 1 aromatic carbocycles. The molecule has 1 aromatic rings. The molecule has 6 rings (SSSR count). The maximum absolute atomic E-state index is 13.5. The molecular formula is C23H26N4O4. The SMILES string of the molecule is CCN1C[C@@]23C=C[C@@H](O2)[C@@H](C(=O)N2CCC4(CC2)NC(=O)c2ccccc2N4)[C@H]3C1=O. The standard InChI is InChI=1S/C23H26N4O4/c1-2-26-13-22-8-7-16(31-22)17(18(22)21(26)30)20(29)27-11-9-23(10-12-27)24-15-6-4-3-5-14(15)19(28)25-23/h3-8,16-18,24H,2,9-13H2,1H3,(H,25,28)/t16-,17-,18+,22-/m1/s1. The van der Waals surface area contributed by atoms with Crippen molar-refractivity contribution in [3.63, 3.8) is 0 Å². The molecule has 3 saturated heterocycles. The van der Waals surface area contributed by atoms with Gasteiger partial charge in [-0.05, 0) is 19.1 Å². The summed E-state index contributed by atoms with van der Waals surface area (Å²) in [5.41, 5.74) is 0.285. The van der Waals surface area contributed by atoms with Crippen LogP contribution in [0.25, 0.3) is 0 Å². The predicted molar refractivity (Wildman–Crippen MR) is 112 cm³/mol. The summed E-state index contributed by atoms with van der Waals surface area (Å²) >= 11 is 0. The van der Waals surface area contributed by atoms with Crippen LogP contribution in [0.4, 0.5) is 5.69 Å². The summed E-state index contributed by atoms with van der Waals surface area (Å²) < 4.78 is 6.18. The number of carbonyl (C=O) groups excluding carboxylic acids is 3. The van der Waals surface area contributed by atoms with Gasteiger partial charge in [0.25, 0.3) is 5.91 Å². The monoisotopic (exact) mass is 422 g/mol. The second kappa shape index (κ2) is 6.32. The number of likely N-dealkylation sites (N-methyl/N-ethyl adjacent to an activating group) is 1. The molecule has 4 atom stereocenters. The van der Waals surface area contributed by atoms with Crippen LogP contribution >= 0.6 is 0 Å². The van der Waals surface area contributed by atoms with Gasteiger partial charge in [0, 0.05) is 38.2 Å². The third-order valence-corrected chi connectivity index (χ3v) is 7.67. The number of fused-ring (bicyclic) bond motifs is 2. The van der Waals surface area contributed by atoms with E-state index >= 15 is 0 Å². The van der Waals surface area contributed by atoms with Gasteiger partial charge in [-0.2, -0.15) is 0 Å². The topological polar surface area (TPSA) is 91.0 Å². The number of anilines is 1. The molecule has 5 aliphatic rings. The van der Waals surface area contributed by atoms with Crippen molar-refractivity contribution in [3.05, 3.63) is 42.0 Å². The van der Waals surface area contributed by atoms with Gasteiger partial charge in [-0.3, -0.25) is 14.4 Å². The number of carbonyl (C=O) groups is 3. The van der Waals surface area contributed by atoms with Gasteiger partial charge in [-0.25, -0.2) is 0 Å². The van der Waals surface area contributed by atoms with E-state index < -0.39 is 23.1 Å². The van der Waals surface area contributed by atoms with E-state index in [1.54, 1.807) is 11.0 Å². The number of hydrogen-bond donors (Lipinski definition) is 2. The number of hydrogen-bond acceptors (Lipinski definition) is 5. The lowest BCUT2D eigenvalue weighted by Gasteiger charge is -2.46. The average Bonchev–Trinajstić information content (AvgIpc) is 3.42. The highest BCUT2D eigenvalue weighted by molar-refractivity contribution is 6.02. The van der Waals surface area contributed by atoms with Crippen LogP contribution in [0.3, 0.4) is 0 Å². The Kier molecular flexibility index (Phi) is 3.85. The number of nitrogens with one attached hydrogen (secondary N) is 2. The highest BCUT2D eigenvalue weighted by Gasteiger charge is 2.67. The first-order valence-corrected chi connectivity index (χ1v) is 11.1. The molecule has 0 aliphatic carbocycles. The smallest absolute Gasteiger partial charge is 0.255 e. The van der Waals surface area contributed by atoms with E-state index in [4.69, 9.17) is 4.74 Å². The van der Waals surface area contributed by atoms with Crippen LogP contribution in [0.5, 0.6) is 0 Å². The van der Waals surface area contributed by atoms with E-state index in [-0.39, 0.29) is 23.8 Å². The fraction of sp³-hybridized carbons (Fsp3) is 0.522. The van der Waals surface area contributed by atoms with Gasteiger partial charge in [-0.1, -0.05) is 24.3 Å². The van der Waals surface area contributed by atoms with E-state index in [2.05, 4.69) is 10.6 Å². The number of likely N-dealkylation sites (tertiary alicyclic amines) is 2. The van der Waals surface area contributed by atoms with Crippen LogP contribution in [-0.2, 0) is 14.3 Å². The Bertz CT molecular complexity index is 1010. The van der Waals surface area contributed by atoms with Crippen molar-refractivity contribution in [2.45, 2.75) is 37.1 Å². The van der Waals surface area contributed by atoms with Gasteiger partial charge in [0.05, 0.1) is 30.0 Å². The Morgan fingerprint density at radius 2 is 1.97 bits per heavy atom. The molecule has 5 aliphatic heterocycles. The molecule has 2 N–H and O–H groups in total. The molecule has 5 heterocycles. The van der Waals surface area contributed by atoms with Crippen molar-refractivity contribution in [3.8, 4) is 0 Å². The molecule has 2 spiro atoms. The van der Waals surface area contributed by atoms with Gasteiger partial charge in [0.2, 0.25) is 11.8 Å². The summed E-state index contributed by atoms with van der Waals surface area (Å²) in [6.45, 7) is 4.15. The van der Waals surface area contributed by atoms with Crippen molar-refractivity contribution in [1.29, 1.82) is 0 Å². The number of nitrogens with zero attached hydrogens (tertiary/aromatic N) is 2. The van der Waals surface area contributed by atoms with Crippen molar-refractivity contribution >= 4 is 23.4 Å². The highest BCUT2D eigenvalue weighted by atomic mass is 16.5. The zero-order valence-corrected chi connectivity index (χ0v) is 17.5. The molecule has 0 aromatic heterocycles. The fourth-order valence-electron chi connectivity index (χ4n) is 6.06. The molecule has 31 heavy (non-hydrogen) atoms. The highest BCUT2D eigenvalue weighted by Crippen LogP contribution is 2.52. The zero-order chi connectivity index (χ0) is 21.4. The summed E-state index contributed by atoms with van der Waals surface area (Å²) in [6.07, 6.45) is 4.84. The summed E-state index contributed by atoms with van der Waals surface area (Å²) in [5, 5.41) is 6.60.